The lowest BCUT2D eigenvalue weighted by molar-refractivity contribution is 0.0948. The molecule has 0 aliphatic heterocycles. The van der Waals surface area contributed by atoms with Gasteiger partial charge in [0.15, 0.2) is 0 Å². The molecule has 158 valence electrons. The molecule has 1 heterocycles. The maximum absolute atomic E-state index is 12.7. The number of carbonyl (C=O) groups excluding carboxylic acids is 1. The zero-order valence-electron chi connectivity index (χ0n) is 16.7. The molecule has 6 nitrogen and oxygen atoms in total. The van der Waals surface area contributed by atoms with Crippen molar-refractivity contribution in [1.29, 1.82) is 0 Å². The van der Waals surface area contributed by atoms with Gasteiger partial charge in [0.05, 0.1) is 22.0 Å². The number of thioether (sulfide) groups is 1. The molecule has 1 amide bonds. The second-order valence-electron chi connectivity index (χ2n) is 6.61. The second-order valence-corrected chi connectivity index (χ2v) is 10.6. The number of sulfonamides is 1. The summed E-state index contributed by atoms with van der Waals surface area (Å²) in [7, 11) is -1.91. The van der Waals surface area contributed by atoms with E-state index in [0.717, 1.165) is 21.2 Å². The first-order valence-electron chi connectivity index (χ1n) is 9.26. The van der Waals surface area contributed by atoms with Gasteiger partial charge in [-0.25, -0.2) is 18.1 Å². The molecule has 3 aromatic rings. The summed E-state index contributed by atoms with van der Waals surface area (Å²) in [6.07, 6.45) is 0. The first kappa shape index (κ1) is 22.5. The van der Waals surface area contributed by atoms with Gasteiger partial charge in [0, 0.05) is 22.6 Å². The highest BCUT2D eigenvalue weighted by molar-refractivity contribution is 7.98. The van der Waals surface area contributed by atoms with Crippen LogP contribution in [0.1, 0.15) is 32.2 Å². The number of nitrogens with one attached hydrogen (secondary N) is 2. The molecule has 0 unspecified atom stereocenters. The average Bonchev–Trinajstić information content (AvgIpc) is 3.16. The fraction of sp³-hybridized carbons (Fsp3) is 0.238. The Hall–Kier alpha value is -2.20. The Labute approximate surface area is 185 Å². The smallest absolute Gasteiger partial charge is 0.252 e. The zero-order valence-corrected chi connectivity index (χ0v) is 19.2. The van der Waals surface area contributed by atoms with E-state index in [9.17, 15) is 13.2 Å². The van der Waals surface area contributed by atoms with E-state index in [4.69, 9.17) is 0 Å². The summed E-state index contributed by atoms with van der Waals surface area (Å²) < 4.78 is 25.6. The predicted octanol–water partition coefficient (Wildman–Crippen LogP) is 3.72. The topological polar surface area (TPSA) is 88.2 Å². The van der Waals surface area contributed by atoms with Gasteiger partial charge < -0.3 is 5.32 Å². The Morgan fingerprint density at radius 3 is 2.47 bits per heavy atom. The quantitative estimate of drug-likeness (QED) is 0.474. The van der Waals surface area contributed by atoms with Crippen LogP contribution in [0.15, 0.2) is 58.8 Å². The van der Waals surface area contributed by atoms with Crippen LogP contribution in [0.2, 0.25) is 0 Å². The number of benzene rings is 2. The van der Waals surface area contributed by atoms with Crippen LogP contribution in [0.4, 0.5) is 0 Å². The summed E-state index contributed by atoms with van der Waals surface area (Å²) >= 11 is 3.21. The van der Waals surface area contributed by atoms with Crippen LogP contribution < -0.4 is 10.0 Å². The molecule has 9 heteroatoms. The first-order chi connectivity index (χ1) is 14.4. The van der Waals surface area contributed by atoms with E-state index >= 15 is 0 Å². The Bertz CT molecular complexity index is 1110. The lowest BCUT2D eigenvalue weighted by Crippen LogP contribution is -2.23. The van der Waals surface area contributed by atoms with Gasteiger partial charge in [-0.05, 0) is 37.2 Å². The molecular weight excluding hydrogens is 438 g/mol. The molecule has 0 aliphatic rings. The van der Waals surface area contributed by atoms with E-state index in [-0.39, 0.29) is 11.7 Å². The Morgan fingerprint density at radius 2 is 1.80 bits per heavy atom. The molecular formula is C21H23N3O3S3. The van der Waals surface area contributed by atoms with Crippen molar-refractivity contribution in [3.8, 4) is 0 Å². The second kappa shape index (κ2) is 10.2. The lowest BCUT2D eigenvalue weighted by atomic mass is 10.1. The number of amides is 1. The van der Waals surface area contributed by atoms with Crippen LogP contribution in [-0.2, 0) is 28.1 Å². The number of thiazole rings is 1. The van der Waals surface area contributed by atoms with Crippen molar-refractivity contribution in [3.05, 3.63) is 81.3 Å². The number of hydrogen-bond donors (Lipinski definition) is 2. The minimum absolute atomic E-state index is 0.0702. The van der Waals surface area contributed by atoms with Crippen LogP contribution in [0, 0.1) is 6.92 Å². The van der Waals surface area contributed by atoms with Gasteiger partial charge in [0.2, 0.25) is 10.0 Å². The molecule has 0 aliphatic carbocycles. The molecule has 2 N–H and O–H groups in total. The molecule has 2 aromatic carbocycles. The number of aryl methyl sites for hydroxylation is 1. The van der Waals surface area contributed by atoms with Crippen LogP contribution in [0.5, 0.6) is 0 Å². The van der Waals surface area contributed by atoms with Crippen LogP contribution in [0.3, 0.4) is 0 Å². The Balaban J connectivity index is 1.59. The van der Waals surface area contributed by atoms with Gasteiger partial charge >= 0.3 is 0 Å². The minimum atomic E-state index is -3.30. The standard InChI is InChI=1S/C21H23N3O3S3/c1-15-24-18(12-28-15)13-29-20-6-4-3-5-19(20)21(25)23-11-16-7-9-17(10-8-16)14-30(26,27)22-2/h3-10,12,22H,11,13-14H2,1-2H3,(H,23,25). The van der Waals surface area contributed by atoms with Crippen molar-refractivity contribution in [2.45, 2.75) is 29.9 Å². The van der Waals surface area contributed by atoms with Crippen molar-refractivity contribution in [2.75, 3.05) is 7.05 Å². The van der Waals surface area contributed by atoms with Gasteiger partial charge in [0.1, 0.15) is 0 Å². The maximum atomic E-state index is 12.7. The summed E-state index contributed by atoms with van der Waals surface area (Å²) in [4.78, 5) is 18.1. The van der Waals surface area contributed by atoms with Crippen LogP contribution in [0.25, 0.3) is 0 Å². The SMILES string of the molecule is CNS(=O)(=O)Cc1ccc(CNC(=O)c2ccccc2SCc2csc(C)n2)cc1. The van der Waals surface area contributed by atoms with Crippen LogP contribution in [-0.4, -0.2) is 26.4 Å². The normalized spacial score (nSPS) is 11.4. The van der Waals surface area contributed by atoms with E-state index in [1.807, 2.05) is 48.7 Å². The molecule has 1 aromatic heterocycles. The van der Waals surface area contributed by atoms with E-state index in [0.29, 0.717) is 23.4 Å². The lowest BCUT2D eigenvalue weighted by Gasteiger charge is -2.10. The number of nitrogens with zero attached hydrogens (tertiary/aromatic N) is 1. The van der Waals surface area contributed by atoms with Gasteiger partial charge in [-0.3, -0.25) is 4.79 Å². The minimum Gasteiger partial charge on any atom is -0.348 e. The molecule has 30 heavy (non-hydrogen) atoms. The van der Waals surface area contributed by atoms with Crippen LogP contribution >= 0.6 is 23.1 Å². The average molecular weight is 462 g/mol. The third-order valence-electron chi connectivity index (χ3n) is 4.32. The predicted molar refractivity (Wildman–Crippen MR) is 122 cm³/mol. The van der Waals surface area contributed by atoms with E-state index < -0.39 is 10.0 Å². The maximum Gasteiger partial charge on any atom is 0.252 e. The highest BCUT2D eigenvalue weighted by atomic mass is 32.2. The molecule has 3 rings (SSSR count). The molecule has 0 spiro atoms. The number of rotatable bonds is 9. The Morgan fingerprint density at radius 1 is 1.10 bits per heavy atom. The summed E-state index contributed by atoms with van der Waals surface area (Å²) in [5.41, 5.74) is 3.24. The van der Waals surface area contributed by atoms with Crippen molar-refractivity contribution >= 4 is 39.0 Å². The molecule has 0 bridgehead atoms. The van der Waals surface area contributed by atoms with Gasteiger partial charge in [-0.1, -0.05) is 36.4 Å². The third-order valence-corrected chi connectivity index (χ3v) is 7.58. The highest BCUT2D eigenvalue weighted by Gasteiger charge is 2.12. The fourth-order valence-electron chi connectivity index (χ4n) is 2.73. The number of hydrogen-bond acceptors (Lipinski definition) is 6. The van der Waals surface area contributed by atoms with Crippen molar-refractivity contribution in [1.82, 2.24) is 15.0 Å². The summed E-state index contributed by atoms with van der Waals surface area (Å²) in [6, 6.07) is 14.7. The fourth-order valence-corrected chi connectivity index (χ4v) is 5.16. The largest absolute Gasteiger partial charge is 0.348 e. The molecule has 0 fully saturated rings. The van der Waals surface area contributed by atoms with Gasteiger partial charge in [0.25, 0.3) is 5.91 Å². The number of aromatic nitrogens is 1. The van der Waals surface area contributed by atoms with E-state index in [2.05, 4.69) is 15.0 Å². The third kappa shape index (κ3) is 6.40. The van der Waals surface area contributed by atoms with Gasteiger partial charge in [-0.2, -0.15) is 0 Å². The first-order valence-corrected chi connectivity index (χ1v) is 12.8. The van der Waals surface area contributed by atoms with E-state index in [1.54, 1.807) is 35.2 Å². The summed E-state index contributed by atoms with van der Waals surface area (Å²) in [6.45, 7) is 2.34. The zero-order chi connectivity index (χ0) is 21.6. The van der Waals surface area contributed by atoms with Crippen molar-refractivity contribution in [2.24, 2.45) is 0 Å². The molecule has 0 saturated heterocycles. The van der Waals surface area contributed by atoms with Crippen molar-refractivity contribution < 1.29 is 13.2 Å². The molecule has 0 saturated carbocycles. The highest BCUT2D eigenvalue weighted by Crippen LogP contribution is 2.27. The molecule has 0 radical (unpaired) electrons. The summed E-state index contributed by atoms with van der Waals surface area (Å²) in [5, 5.41) is 6.01. The Kier molecular flexibility index (Phi) is 7.65. The van der Waals surface area contributed by atoms with Gasteiger partial charge in [-0.15, -0.1) is 23.1 Å². The van der Waals surface area contributed by atoms with Crippen molar-refractivity contribution in [3.63, 3.8) is 0 Å². The summed E-state index contributed by atoms with van der Waals surface area (Å²) in [5.74, 6) is 0.500. The monoisotopic (exact) mass is 461 g/mol. The molecule has 0 atom stereocenters. The number of carbonyl (C=O) groups is 1. The van der Waals surface area contributed by atoms with E-state index in [1.165, 1.54) is 7.05 Å².